The molecule has 8 nitrogen and oxygen atoms in total. The highest BCUT2D eigenvalue weighted by atomic mass is 32.2. The second kappa shape index (κ2) is 28.0. The van der Waals surface area contributed by atoms with Gasteiger partial charge in [-0.3, -0.25) is 9.59 Å². The van der Waals surface area contributed by atoms with Crippen molar-refractivity contribution >= 4 is 57.8 Å². The van der Waals surface area contributed by atoms with Crippen molar-refractivity contribution in [2.75, 3.05) is 37.1 Å². The molecular weight excluding hydrogens is 1080 g/mol. The molecule has 8 aromatic rings. The van der Waals surface area contributed by atoms with Crippen LogP contribution < -0.4 is 29.6 Å². The lowest BCUT2D eigenvalue weighted by atomic mass is 9.82. The van der Waals surface area contributed by atoms with E-state index in [4.69, 9.17) is 18.9 Å². The average Bonchev–Trinajstić information content (AvgIpc) is 0.985. The summed E-state index contributed by atoms with van der Waals surface area (Å²) in [5, 5.41) is 7.28. The number of unbranched alkanes of at least 4 members (excludes halogenated alkanes) is 4. The Labute approximate surface area is 507 Å². The number of carbonyl (C=O) groups excluding carboxylic acids is 2. The van der Waals surface area contributed by atoms with Gasteiger partial charge >= 0.3 is 0 Å². The first-order valence-corrected chi connectivity index (χ1v) is 31.7. The maximum absolute atomic E-state index is 16.2. The zero-order valence-corrected chi connectivity index (χ0v) is 52.9. The van der Waals surface area contributed by atoms with E-state index < -0.39 is 0 Å². The molecule has 0 aliphatic heterocycles. The van der Waals surface area contributed by atoms with Gasteiger partial charge in [-0.05, 0) is 245 Å². The van der Waals surface area contributed by atoms with Crippen LogP contribution in [0.2, 0.25) is 0 Å². The molecule has 0 unspecified atom stereocenters. The SMILES string of the molecule is CCCCOc1c(C)cc(Nc2ccc(Nc3cc(C)c(OCCCC)c(C)c3)c3c2C(=O)c2c(Sc4ccc(-c5cc(C)c(OCCCC)c(C)c5)cc4)ccc(Sc4ccc(-c5cc(C)c(OCCCC)c(C)c5)cc4)c2C3=O)cc1C. The molecule has 0 spiro atoms. The van der Waals surface area contributed by atoms with Crippen LogP contribution in [0.1, 0.15) is 155 Å². The van der Waals surface area contributed by atoms with Crippen LogP contribution in [0.3, 0.4) is 0 Å². The van der Waals surface area contributed by atoms with E-state index in [2.05, 4.69) is 163 Å². The van der Waals surface area contributed by atoms with Gasteiger partial charge in [-0.2, -0.15) is 0 Å². The fraction of sp³-hybridized carbons (Fsp3) is 0.324. The number of benzene rings is 8. The molecule has 0 aromatic heterocycles. The zero-order chi connectivity index (χ0) is 59.6. The number of nitrogens with one attached hydrogen (secondary N) is 2. The van der Waals surface area contributed by atoms with Gasteiger partial charge in [0.15, 0.2) is 11.6 Å². The van der Waals surface area contributed by atoms with Crippen LogP contribution in [0.5, 0.6) is 23.0 Å². The van der Waals surface area contributed by atoms with E-state index in [1.807, 2.05) is 52.0 Å². The van der Waals surface area contributed by atoms with E-state index in [1.54, 1.807) is 0 Å². The molecule has 0 atom stereocenters. The predicted molar refractivity (Wildman–Crippen MR) is 351 cm³/mol. The number of hydrogen-bond donors (Lipinski definition) is 2. The van der Waals surface area contributed by atoms with Crippen LogP contribution >= 0.6 is 23.5 Å². The fourth-order valence-electron chi connectivity index (χ4n) is 11.2. The van der Waals surface area contributed by atoms with Crippen molar-refractivity contribution in [3.8, 4) is 45.3 Å². The largest absolute Gasteiger partial charge is 0.493 e. The number of ketones is 2. The average molecular weight is 1160 g/mol. The van der Waals surface area contributed by atoms with Crippen molar-refractivity contribution in [2.45, 2.75) is 154 Å². The third-order valence-corrected chi connectivity index (χ3v) is 17.6. The molecule has 0 saturated carbocycles. The molecule has 1 aliphatic rings. The molecule has 1 aliphatic carbocycles. The Balaban J connectivity index is 1.14. The summed E-state index contributed by atoms with van der Waals surface area (Å²) in [6.07, 6.45) is 8.19. The number of hydrogen-bond acceptors (Lipinski definition) is 10. The molecule has 0 bridgehead atoms. The number of rotatable bonds is 26. The molecule has 10 heteroatoms. The van der Waals surface area contributed by atoms with E-state index in [-0.39, 0.29) is 11.6 Å². The van der Waals surface area contributed by atoms with Gasteiger partial charge in [0.25, 0.3) is 0 Å². The van der Waals surface area contributed by atoms with E-state index in [0.29, 0.717) is 69.8 Å². The first-order chi connectivity index (χ1) is 40.6. The molecule has 8 aromatic carbocycles. The third kappa shape index (κ3) is 13.9. The van der Waals surface area contributed by atoms with Crippen LogP contribution in [0.15, 0.2) is 141 Å². The lowest BCUT2D eigenvalue weighted by molar-refractivity contribution is 0.0976. The van der Waals surface area contributed by atoms with Gasteiger partial charge in [-0.15, -0.1) is 0 Å². The molecular formula is C74H82N2O6S2. The molecule has 0 radical (unpaired) electrons. The van der Waals surface area contributed by atoms with Gasteiger partial charge in [0.1, 0.15) is 23.0 Å². The van der Waals surface area contributed by atoms with Gasteiger partial charge in [0.05, 0.1) is 48.9 Å². The lowest BCUT2D eigenvalue weighted by Gasteiger charge is -2.27. The summed E-state index contributed by atoms with van der Waals surface area (Å²) in [7, 11) is 0. The number of ether oxygens (including phenoxy) is 4. The van der Waals surface area contributed by atoms with Crippen molar-refractivity contribution in [1.29, 1.82) is 0 Å². The minimum Gasteiger partial charge on any atom is -0.493 e. The topological polar surface area (TPSA) is 95.1 Å². The molecule has 0 fully saturated rings. The molecule has 0 saturated heterocycles. The van der Waals surface area contributed by atoms with Gasteiger partial charge in [-0.25, -0.2) is 0 Å². The summed E-state index contributed by atoms with van der Waals surface area (Å²) in [4.78, 5) is 35.6. The first kappa shape index (κ1) is 61.2. The summed E-state index contributed by atoms with van der Waals surface area (Å²) in [6.45, 7) is 28.0. The van der Waals surface area contributed by atoms with E-state index in [1.165, 1.54) is 23.5 Å². The van der Waals surface area contributed by atoms with Gasteiger partial charge in [-0.1, -0.05) is 101 Å². The Bertz CT molecular complexity index is 3360. The summed E-state index contributed by atoms with van der Waals surface area (Å²) in [6, 6.07) is 41.8. The van der Waals surface area contributed by atoms with Crippen molar-refractivity contribution in [3.05, 3.63) is 188 Å². The first-order valence-electron chi connectivity index (χ1n) is 30.1. The van der Waals surface area contributed by atoms with Gasteiger partial charge < -0.3 is 29.6 Å². The highest BCUT2D eigenvalue weighted by Gasteiger charge is 2.38. The summed E-state index contributed by atoms with van der Waals surface area (Å²) >= 11 is 3.00. The summed E-state index contributed by atoms with van der Waals surface area (Å²) < 4.78 is 24.9. The molecule has 9 rings (SSSR count). The smallest absolute Gasteiger partial charge is 0.197 e. The van der Waals surface area contributed by atoms with Crippen LogP contribution in [0.25, 0.3) is 22.3 Å². The van der Waals surface area contributed by atoms with E-state index in [9.17, 15) is 0 Å². The molecule has 84 heavy (non-hydrogen) atoms. The molecule has 0 amide bonds. The number of carbonyl (C=O) groups is 2. The van der Waals surface area contributed by atoms with Crippen molar-refractivity contribution in [3.63, 3.8) is 0 Å². The fourth-order valence-corrected chi connectivity index (χ4v) is 13.1. The Morgan fingerprint density at radius 2 is 0.607 bits per heavy atom. The standard InChI is InChI=1S/C74H82N2O6S2/c1-13-17-33-79-71-45(5)37-55(38-46(71)6)53-21-25-59(26-22-53)83-63-31-32-64(84-60-27-23-54(24-28-60)56-39-47(7)72(48(8)40-56)80-34-18-14-2)68-67(63)69(77)65-61(75-57-41-49(9)73(50(10)42-57)81-35-19-15-3)29-30-62(66(65)70(68)78)76-58-43-51(11)74(52(12)44-58)82-36-20-16-4/h21-32,37-44,75-76H,13-20,33-36H2,1-12H3. The minimum absolute atomic E-state index is 0.234. The zero-order valence-electron chi connectivity index (χ0n) is 51.3. The summed E-state index contributed by atoms with van der Waals surface area (Å²) in [5.74, 6) is 3.16. The quantitative estimate of drug-likeness (QED) is 0.0511. The highest BCUT2D eigenvalue weighted by molar-refractivity contribution is 8.00. The van der Waals surface area contributed by atoms with Crippen molar-refractivity contribution < 1.29 is 28.5 Å². The predicted octanol–water partition coefficient (Wildman–Crippen LogP) is 20.8. The van der Waals surface area contributed by atoms with Crippen molar-refractivity contribution in [1.82, 2.24) is 0 Å². The summed E-state index contributed by atoms with van der Waals surface area (Å²) in [5.41, 5.74) is 16.8. The maximum Gasteiger partial charge on any atom is 0.197 e. The van der Waals surface area contributed by atoms with Gasteiger partial charge in [0, 0.05) is 42.1 Å². The Morgan fingerprint density at radius 1 is 0.333 bits per heavy atom. The third-order valence-electron chi connectivity index (χ3n) is 15.4. The molecule has 436 valence electrons. The number of anilines is 4. The maximum atomic E-state index is 16.2. The normalized spacial score (nSPS) is 11.8. The highest BCUT2D eigenvalue weighted by Crippen LogP contribution is 2.48. The lowest BCUT2D eigenvalue weighted by Crippen LogP contribution is -2.25. The van der Waals surface area contributed by atoms with Crippen LogP contribution in [-0.4, -0.2) is 38.0 Å². The van der Waals surface area contributed by atoms with Crippen LogP contribution in [-0.2, 0) is 0 Å². The van der Waals surface area contributed by atoms with E-state index >= 15 is 9.59 Å². The van der Waals surface area contributed by atoms with Crippen LogP contribution in [0.4, 0.5) is 22.7 Å². The Morgan fingerprint density at radius 3 is 0.881 bits per heavy atom. The number of aryl methyl sites for hydroxylation is 8. The van der Waals surface area contributed by atoms with E-state index in [0.717, 1.165) is 162 Å². The van der Waals surface area contributed by atoms with Crippen LogP contribution in [0, 0.1) is 55.4 Å². The second-order valence-electron chi connectivity index (χ2n) is 22.4. The second-order valence-corrected chi connectivity index (χ2v) is 24.7. The Hall–Kier alpha value is -7.40. The Kier molecular flexibility index (Phi) is 20.4. The molecule has 2 N–H and O–H groups in total. The monoisotopic (exact) mass is 1160 g/mol. The molecule has 0 heterocycles. The number of fused-ring (bicyclic) bond motifs is 2. The van der Waals surface area contributed by atoms with Gasteiger partial charge in [0.2, 0.25) is 0 Å². The van der Waals surface area contributed by atoms with Crippen molar-refractivity contribution in [2.24, 2.45) is 0 Å². The minimum atomic E-state index is -0.234.